The topological polar surface area (TPSA) is 32.3 Å². The summed E-state index contributed by atoms with van der Waals surface area (Å²) < 4.78 is 0. The third kappa shape index (κ3) is 3.75. The molecule has 2 aromatic carbocycles. The van der Waals surface area contributed by atoms with E-state index in [1.165, 1.54) is 16.0 Å². The first-order valence-electron chi connectivity index (χ1n) is 10.3. The Labute approximate surface area is 185 Å². The lowest BCUT2D eigenvalue weighted by Gasteiger charge is -2.37. The SMILES string of the molecule is CCc1cc2c(N3CCN(c4ccc(Cl)cc4)CC3)nc(-c3ccccc3)nc2s1. The molecule has 0 N–H and O–H groups in total. The van der Waals surface area contributed by atoms with Gasteiger partial charge in [-0.3, -0.25) is 0 Å². The molecule has 1 aliphatic rings. The van der Waals surface area contributed by atoms with Crippen LogP contribution >= 0.6 is 22.9 Å². The van der Waals surface area contributed by atoms with Gasteiger partial charge >= 0.3 is 0 Å². The minimum Gasteiger partial charge on any atom is -0.368 e. The molecule has 152 valence electrons. The quantitative estimate of drug-likeness (QED) is 0.400. The summed E-state index contributed by atoms with van der Waals surface area (Å²) in [6.07, 6.45) is 1.02. The second-order valence-corrected chi connectivity index (χ2v) is 9.02. The molecule has 1 saturated heterocycles. The number of rotatable bonds is 4. The van der Waals surface area contributed by atoms with Crippen LogP contribution in [0.15, 0.2) is 60.7 Å². The zero-order chi connectivity index (χ0) is 20.5. The predicted molar refractivity (Wildman–Crippen MR) is 128 cm³/mol. The molecule has 1 aliphatic heterocycles. The molecule has 6 heteroatoms. The van der Waals surface area contributed by atoms with E-state index in [-0.39, 0.29) is 0 Å². The van der Waals surface area contributed by atoms with Crippen LogP contribution in [0.25, 0.3) is 21.6 Å². The fraction of sp³-hybridized carbons (Fsp3) is 0.250. The summed E-state index contributed by atoms with van der Waals surface area (Å²) in [5.41, 5.74) is 2.28. The van der Waals surface area contributed by atoms with Gasteiger partial charge in [0.15, 0.2) is 5.82 Å². The number of hydrogen-bond acceptors (Lipinski definition) is 5. The second-order valence-electron chi connectivity index (χ2n) is 7.47. The highest BCUT2D eigenvalue weighted by atomic mass is 35.5. The molecule has 4 nitrogen and oxygen atoms in total. The van der Waals surface area contributed by atoms with E-state index >= 15 is 0 Å². The van der Waals surface area contributed by atoms with Gasteiger partial charge in [0.05, 0.1) is 5.39 Å². The van der Waals surface area contributed by atoms with Crippen molar-refractivity contribution in [1.29, 1.82) is 0 Å². The van der Waals surface area contributed by atoms with Crippen LogP contribution in [-0.2, 0) is 6.42 Å². The van der Waals surface area contributed by atoms with Gasteiger partial charge in [-0.05, 0) is 36.8 Å². The standard InChI is InChI=1S/C24H23ClN4S/c1-2-20-16-21-23(26-22(27-24(21)30-20)17-6-4-3-5-7-17)29-14-12-28(13-15-29)19-10-8-18(25)9-11-19/h3-11,16H,2,12-15H2,1H3. The third-order valence-electron chi connectivity index (χ3n) is 5.58. The summed E-state index contributed by atoms with van der Waals surface area (Å²) in [6, 6.07) is 20.7. The Morgan fingerprint density at radius 2 is 1.60 bits per heavy atom. The molecule has 0 spiro atoms. The van der Waals surface area contributed by atoms with Crippen LogP contribution in [-0.4, -0.2) is 36.1 Å². The molecule has 3 heterocycles. The fourth-order valence-electron chi connectivity index (χ4n) is 3.92. The predicted octanol–water partition coefficient (Wildman–Crippen LogP) is 5.90. The lowest BCUT2D eigenvalue weighted by Crippen LogP contribution is -2.47. The summed E-state index contributed by atoms with van der Waals surface area (Å²) in [6.45, 7) is 5.97. The average molecular weight is 435 g/mol. The number of piperazine rings is 1. The average Bonchev–Trinajstić information content (AvgIpc) is 3.23. The molecular formula is C24H23ClN4S. The minimum absolute atomic E-state index is 0.776. The molecule has 0 aliphatic carbocycles. The first-order chi connectivity index (χ1) is 14.7. The molecule has 2 aromatic heterocycles. The lowest BCUT2D eigenvalue weighted by atomic mass is 10.2. The van der Waals surface area contributed by atoms with Crippen LogP contribution < -0.4 is 9.80 Å². The van der Waals surface area contributed by atoms with Crippen molar-refractivity contribution in [3.63, 3.8) is 0 Å². The van der Waals surface area contributed by atoms with Crippen molar-refractivity contribution in [2.45, 2.75) is 13.3 Å². The Balaban J connectivity index is 1.47. The van der Waals surface area contributed by atoms with Gasteiger partial charge in [0.25, 0.3) is 0 Å². The van der Waals surface area contributed by atoms with E-state index in [0.29, 0.717) is 0 Å². The highest BCUT2D eigenvalue weighted by Crippen LogP contribution is 2.34. The van der Waals surface area contributed by atoms with Crippen LogP contribution in [0.3, 0.4) is 0 Å². The van der Waals surface area contributed by atoms with Crippen molar-refractivity contribution in [3.05, 3.63) is 70.6 Å². The summed E-state index contributed by atoms with van der Waals surface area (Å²) in [7, 11) is 0. The molecule has 0 saturated carbocycles. The van der Waals surface area contributed by atoms with Crippen LogP contribution in [0.4, 0.5) is 11.5 Å². The summed E-state index contributed by atoms with van der Waals surface area (Å²) in [4.78, 5) is 17.2. The number of aryl methyl sites for hydroxylation is 1. The first kappa shape index (κ1) is 19.3. The van der Waals surface area contributed by atoms with E-state index in [9.17, 15) is 0 Å². The highest BCUT2D eigenvalue weighted by molar-refractivity contribution is 7.18. The monoisotopic (exact) mass is 434 g/mol. The van der Waals surface area contributed by atoms with Crippen LogP contribution in [0.5, 0.6) is 0 Å². The van der Waals surface area contributed by atoms with E-state index in [1.807, 2.05) is 30.3 Å². The van der Waals surface area contributed by atoms with Gasteiger partial charge in [0, 0.05) is 47.3 Å². The fourth-order valence-corrected chi connectivity index (χ4v) is 5.00. The number of nitrogens with zero attached hydrogens (tertiary/aromatic N) is 4. The number of anilines is 2. The van der Waals surface area contributed by atoms with Gasteiger partial charge in [-0.2, -0.15) is 0 Å². The van der Waals surface area contributed by atoms with Crippen LogP contribution in [0, 0.1) is 0 Å². The number of thiophene rings is 1. The van der Waals surface area contributed by atoms with E-state index in [1.54, 1.807) is 11.3 Å². The summed E-state index contributed by atoms with van der Waals surface area (Å²) in [5, 5.41) is 1.95. The largest absolute Gasteiger partial charge is 0.368 e. The molecule has 0 amide bonds. The zero-order valence-corrected chi connectivity index (χ0v) is 18.5. The van der Waals surface area contributed by atoms with Crippen molar-refractivity contribution < 1.29 is 0 Å². The molecule has 5 rings (SSSR count). The van der Waals surface area contributed by atoms with E-state index in [4.69, 9.17) is 21.6 Å². The molecule has 1 fully saturated rings. The first-order valence-corrected chi connectivity index (χ1v) is 11.5. The van der Waals surface area contributed by atoms with Crippen molar-refractivity contribution >= 4 is 44.7 Å². The van der Waals surface area contributed by atoms with Crippen LogP contribution in [0.1, 0.15) is 11.8 Å². The molecule has 30 heavy (non-hydrogen) atoms. The van der Waals surface area contributed by atoms with Gasteiger partial charge in [0.2, 0.25) is 0 Å². The maximum absolute atomic E-state index is 6.05. The molecule has 0 atom stereocenters. The van der Waals surface area contributed by atoms with Crippen LogP contribution in [0.2, 0.25) is 5.02 Å². The van der Waals surface area contributed by atoms with Gasteiger partial charge in [-0.1, -0.05) is 48.9 Å². The second kappa shape index (κ2) is 8.25. The lowest BCUT2D eigenvalue weighted by molar-refractivity contribution is 0.649. The maximum atomic E-state index is 6.05. The summed E-state index contributed by atoms with van der Waals surface area (Å²) in [5.74, 6) is 1.87. The number of aromatic nitrogens is 2. The Kier molecular flexibility index (Phi) is 5.32. The van der Waals surface area contributed by atoms with Gasteiger partial charge < -0.3 is 9.80 Å². The van der Waals surface area contributed by atoms with Gasteiger partial charge in [0.1, 0.15) is 10.6 Å². The zero-order valence-electron chi connectivity index (χ0n) is 16.9. The van der Waals surface area contributed by atoms with E-state index in [2.05, 4.69) is 47.1 Å². The Bertz CT molecular complexity index is 1150. The Morgan fingerprint density at radius 3 is 2.30 bits per heavy atom. The number of benzene rings is 2. The van der Waals surface area contributed by atoms with E-state index < -0.39 is 0 Å². The van der Waals surface area contributed by atoms with Gasteiger partial charge in [-0.25, -0.2) is 9.97 Å². The number of fused-ring (bicyclic) bond motifs is 1. The number of hydrogen-bond donors (Lipinski definition) is 0. The molecule has 4 aromatic rings. The smallest absolute Gasteiger partial charge is 0.163 e. The molecule has 0 bridgehead atoms. The van der Waals surface area contributed by atoms with Crippen molar-refractivity contribution in [2.75, 3.05) is 36.0 Å². The Hall–Kier alpha value is -2.63. The molecular weight excluding hydrogens is 412 g/mol. The highest BCUT2D eigenvalue weighted by Gasteiger charge is 2.22. The van der Waals surface area contributed by atoms with Gasteiger partial charge in [-0.15, -0.1) is 11.3 Å². The maximum Gasteiger partial charge on any atom is 0.163 e. The van der Waals surface area contributed by atoms with Crippen molar-refractivity contribution in [2.24, 2.45) is 0 Å². The van der Waals surface area contributed by atoms with Crippen molar-refractivity contribution in [1.82, 2.24) is 9.97 Å². The van der Waals surface area contributed by atoms with Crippen molar-refractivity contribution in [3.8, 4) is 11.4 Å². The normalized spacial score (nSPS) is 14.5. The third-order valence-corrected chi connectivity index (χ3v) is 7.00. The molecule has 0 unspecified atom stereocenters. The summed E-state index contributed by atoms with van der Waals surface area (Å²) >= 11 is 7.83. The minimum atomic E-state index is 0.776. The Morgan fingerprint density at radius 1 is 0.900 bits per heavy atom. The van der Waals surface area contributed by atoms with E-state index in [0.717, 1.165) is 59.7 Å². The number of halogens is 1. The molecule has 0 radical (unpaired) electrons.